The zero-order valence-electron chi connectivity index (χ0n) is 10.8. The van der Waals surface area contributed by atoms with Gasteiger partial charge < -0.3 is 16.4 Å². The summed E-state index contributed by atoms with van der Waals surface area (Å²) < 4.78 is 1.03. The van der Waals surface area contributed by atoms with Crippen LogP contribution in [0.2, 0.25) is 0 Å². The van der Waals surface area contributed by atoms with Gasteiger partial charge in [0.15, 0.2) is 0 Å². The second-order valence-corrected chi connectivity index (χ2v) is 5.20. The quantitative estimate of drug-likeness (QED) is 0.714. The maximum Gasteiger partial charge on any atom is 0.239 e. The van der Waals surface area contributed by atoms with Gasteiger partial charge in [0.25, 0.3) is 0 Å². The van der Waals surface area contributed by atoms with E-state index in [-0.39, 0.29) is 30.9 Å². The van der Waals surface area contributed by atoms with Gasteiger partial charge in [0.1, 0.15) is 0 Å². The zero-order chi connectivity index (χ0) is 14.3. The summed E-state index contributed by atoms with van der Waals surface area (Å²) in [5.41, 5.74) is 6.27. The fourth-order valence-electron chi connectivity index (χ4n) is 1.60. The lowest BCUT2D eigenvalue weighted by Gasteiger charge is -2.14. The van der Waals surface area contributed by atoms with E-state index in [0.717, 1.165) is 16.5 Å². The van der Waals surface area contributed by atoms with E-state index in [0.29, 0.717) is 0 Å². The monoisotopic (exact) mass is 327 g/mol. The molecule has 104 valence electrons. The fraction of sp³-hybridized carbons (Fsp3) is 0.385. The van der Waals surface area contributed by atoms with Gasteiger partial charge in [-0.2, -0.15) is 0 Å². The Balaban J connectivity index is 2.34. The van der Waals surface area contributed by atoms with Crippen molar-refractivity contribution in [2.45, 2.75) is 19.4 Å². The molecule has 0 fully saturated rings. The van der Waals surface area contributed by atoms with Gasteiger partial charge in [-0.1, -0.05) is 28.1 Å². The summed E-state index contributed by atoms with van der Waals surface area (Å²) in [7, 11) is 0. The van der Waals surface area contributed by atoms with Crippen LogP contribution in [-0.2, 0) is 16.0 Å². The largest absolute Gasteiger partial charge is 0.352 e. The van der Waals surface area contributed by atoms with Crippen molar-refractivity contribution in [3.05, 3.63) is 34.3 Å². The highest BCUT2D eigenvalue weighted by molar-refractivity contribution is 9.10. The zero-order valence-corrected chi connectivity index (χ0v) is 12.4. The van der Waals surface area contributed by atoms with Crippen molar-refractivity contribution in [2.75, 3.05) is 13.1 Å². The molecule has 1 atom stereocenters. The maximum atomic E-state index is 11.5. The van der Waals surface area contributed by atoms with E-state index < -0.39 is 0 Å². The third-order valence-corrected chi connectivity index (χ3v) is 3.02. The van der Waals surface area contributed by atoms with Gasteiger partial charge in [0.05, 0.1) is 13.1 Å². The van der Waals surface area contributed by atoms with Gasteiger partial charge in [-0.05, 0) is 31.0 Å². The average molecular weight is 328 g/mol. The molecule has 2 amide bonds. The summed E-state index contributed by atoms with van der Waals surface area (Å²) in [6.07, 6.45) is 0.740. The Morgan fingerprint density at radius 3 is 2.47 bits per heavy atom. The van der Waals surface area contributed by atoms with Gasteiger partial charge in [0.2, 0.25) is 11.8 Å². The summed E-state index contributed by atoms with van der Waals surface area (Å²) in [5.74, 6) is -0.554. The molecule has 0 aromatic heterocycles. The molecule has 1 aromatic carbocycles. The molecule has 5 nitrogen and oxygen atoms in total. The predicted octanol–water partition coefficient (Wildman–Crippen LogP) is 0.571. The van der Waals surface area contributed by atoms with Crippen LogP contribution in [0.5, 0.6) is 0 Å². The smallest absolute Gasteiger partial charge is 0.239 e. The number of carbonyl (C=O) groups excluding carboxylic acids is 2. The minimum absolute atomic E-state index is 0.00320. The van der Waals surface area contributed by atoms with Crippen LogP contribution in [0.15, 0.2) is 28.7 Å². The summed E-state index contributed by atoms with van der Waals surface area (Å²) in [6, 6.07) is 7.94. The molecule has 0 bridgehead atoms. The molecule has 0 aliphatic carbocycles. The molecule has 4 N–H and O–H groups in total. The summed E-state index contributed by atoms with van der Waals surface area (Å²) in [5, 5.41) is 5.24. The van der Waals surface area contributed by atoms with E-state index in [1.54, 1.807) is 0 Å². The molecule has 6 heteroatoms. The first-order valence-electron chi connectivity index (χ1n) is 6.02. The van der Waals surface area contributed by atoms with Gasteiger partial charge >= 0.3 is 0 Å². The van der Waals surface area contributed by atoms with Gasteiger partial charge in [-0.3, -0.25) is 9.59 Å². The number of hydrogen-bond acceptors (Lipinski definition) is 3. The van der Waals surface area contributed by atoms with Crippen LogP contribution in [0.25, 0.3) is 0 Å². The number of halogens is 1. The maximum absolute atomic E-state index is 11.5. The number of nitrogens with one attached hydrogen (secondary N) is 2. The molecule has 0 unspecified atom stereocenters. The average Bonchev–Trinajstić information content (AvgIpc) is 2.38. The molecule has 0 saturated carbocycles. The topological polar surface area (TPSA) is 84.2 Å². The number of carbonyl (C=O) groups is 2. The van der Waals surface area contributed by atoms with Crippen LogP contribution in [0, 0.1) is 0 Å². The van der Waals surface area contributed by atoms with E-state index in [1.807, 2.05) is 31.2 Å². The number of amides is 2. The fourth-order valence-corrected chi connectivity index (χ4v) is 1.87. The summed E-state index contributed by atoms with van der Waals surface area (Å²) in [6.45, 7) is 1.77. The Hall–Kier alpha value is -1.40. The lowest BCUT2D eigenvalue weighted by Crippen LogP contribution is -2.43. The number of hydrogen-bond donors (Lipinski definition) is 3. The standard InChI is InChI=1S/C13H18BrN3O2/c1-9(6-10-2-4-11(14)5-3-10)17-13(19)8-16-12(18)7-15/h2-5,9H,6-8,15H2,1H3,(H,16,18)(H,17,19)/t9-/m1/s1. The molecule has 0 aliphatic heterocycles. The second kappa shape index (κ2) is 7.91. The lowest BCUT2D eigenvalue weighted by atomic mass is 10.1. The molecule has 0 saturated heterocycles. The molecule has 0 heterocycles. The van der Waals surface area contributed by atoms with Crippen molar-refractivity contribution < 1.29 is 9.59 Å². The van der Waals surface area contributed by atoms with E-state index in [9.17, 15) is 9.59 Å². The third kappa shape index (κ3) is 6.35. The van der Waals surface area contributed by atoms with Crippen LogP contribution in [0.3, 0.4) is 0 Å². The van der Waals surface area contributed by atoms with Crippen molar-refractivity contribution in [2.24, 2.45) is 5.73 Å². The predicted molar refractivity (Wildman–Crippen MR) is 77.5 cm³/mol. The first-order chi connectivity index (χ1) is 9.01. The van der Waals surface area contributed by atoms with Crippen molar-refractivity contribution in [1.82, 2.24) is 10.6 Å². The SMILES string of the molecule is C[C@H](Cc1ccc(Br)cc1)NC(=O)CNC(=O)CN. The van der Waals surface area contributed by atoms with E-state index in [4.69, 9.17) is 5.73 Å². The van der Waals surface area contributed by atoms with Crippen molar-refractivity contribution in [3.8, 4) is 0 Å². The van der Waals surface area contributed by atoms with Crippen LogP contribution < -0.4 is 16.4 Å². The molecule has 1 aromatic rings. The molecule has 1 rings (SSSR count). The Kier molecular flexibility index (Phi) is 6.52. The molecular formula is C13H18BrN3O2. The molecule has 0 aliphatic rings. The van der Waals surface area contributed by atoms with Crippen molar-refractivity contribution in [3.63, 3.8) is 0 Å². The lowest BCUT2D eigenvalue weighted by molar-refractivity contribution is -0.125. The first-order valence-corrected chi connectivity index (χ1v) is 6.81. The Labute approximate surface area is 121 Å². The van der Waals surface area contributed by atoms with E-state index in [1.165, 1.54) is 0 Å². The minimum atomic E-state index is -0.337. The Morgan fingerprint density at radius 1 is 1.26 bits per heavy atom. The number of nitrogens with two attached hydrogens (primary N) is 1. The van der Waals surface area contributed by atoms with Crippen LogP contribution in [-0.4, -0.2) is 30.9 Å². The van der Waals surface area contributed by atoms with E-state index in [2.05, 4.69) is 26.6 Å². The van der Waals surface area contributed by atoms with Crippen LogP contribution in [0.4, 0.5) is 0 Å². The second-order valence-electron chi connectivity index (χ2n) is 4.28. The minimum Gasteiger partial charge on any atom is -0.352 e. The van der Waals surface area contributed by atoms with E-state index >= 15 is 0 Å². The Bertz CT molecular complexity index is 434. The van der Waals surface area contributed by atoms with Gasteiger partial charge in [-0.15, -0.1) is 0 Å². The number of benzene rings is 1. The highest BCUT2D eigenvalue weighted by Crippen LogP contribution is 2.11. The van der Waals surface area contributed by atoms with Crippen LogP contribution in [0.1, 0.15) is 12.5 Å². The molecule has 0 radical (unpaired) electrons. The molecule has 0 spiro atoms. The highest BCUT2D eigenvalue weighted by Gasteiger charge is 2.09. The number of rotatable bonds is 6. The van der Waals surface area contributed by atoms with Crippen molar-refractivity contribution in [1.29, 1.82) is 0 Å². The Morgan fingerprint density at radius 2 is 1.89 bits per heavy atom. The van der Waals surface area contributed by atoms with Crippen molar-refractivity contribution >= 4 is 27.7 Å². The van der Waals surface area contributed by atoms with Crippen LogP contribution >= 0.6 is 15.9 Å². The summed E-state index contributed by atoms with van der Waals surface area (Å²) in [4.78, 5) is 22.4. The first kappa shape index (κ1) is 15.7. The molecular weight excluding hydrogens is 310 g/mol. The van der Waals surface area contributed by atoms with Gasteiger partial charge in [0, 0.05) is 10.5 Å². The molecule has 19 heavy (non-hydrogen) atoms. The normalized spacial score (nSPS) is 11.7. The van der Waals surface area contributed by atoms with Gasteiger partial charge in [-0.25, -0.2) is 0 Å². The highest BCUT2D eigenvalue weighted by atomic mass is 79.9. The summed E-state index contributed by atoms with van der Waals surface area (Å²) >= 11 is 3.37. The third-order valence-electron chi connectivity index (χ3n) is 2.49.